The molecule has 36 valence electrons. The molecule has 1 aliphatic rings. The van der Waals surface area contributed by atoms with Gasteiger partial charge in [-0.25, -0.2) is 20.5 Å². The van der Waals surface area contributed by atoms with Crippen LogP contribution in [0.4, 0.5) is 0 Å². The lowest BCUT2D eigenvalue weighted by atomic mass is 11.0. The van der Waals surface area contributed by atoms with E-state index in [1.54, 1.807) is 0 Å². The van der Waals surface area contributed by atoms with Gasteiger partial charge in [0.2, 0.25) is 0 Å². The summed E-state index contributed by atoms with van der Waals surface area (Å²) in [6.45, 7) is 0. The molecule has 3 heteroatoms. The zero-order valence-corrected chi connectivity index (χ0v) is 4.85. The molecule has 0 heterocycles. The topological polar surface area (TPSA) is 17.1 Å². The average molecular weight is 121 g/mol. The van der Waals surface area contributed by atoms with Crippen LogP contribution in [0.1, 0.15) is 12.8 Å². The molecular formula is C3H5OS2-. The SMILES string of the molecule is O=[S-](=S)C1CC1. The highest BCUT2D eigenvalue weighted by Crippen LogP contribution is 2.22. The molecule has 6 heavy (non-hydrogen) atoms. The van der Waals surface area contributed by atoms with Crippen molar-refractivity contribution < 1.29 is 4.21 Å². The largest absolute Gasteiger partial charge is 0.451 e. The minimum atomic E-state index is -0.923. The Labute approximate surface area is 43.4 Å². The molecule has 1 saturated carbocycles. The first-order chi connectivity index (χ1) is 2.80. The van der Waals surface area contributed by atoms with Crippen molar-refractivity contribution in [1.82, 2.24) is 0 Å². The van der Waals surface area contributed by atoms with Crippen LogP contribution in [-0.2, 0) is 24.8 Å². The van der Waals surface area contributed by atoms with Crippen LogP contribution in [0, 0.1) is 0 Å². The lowest BCUT2D eigenvalue weighted by Crippen LogP contribution is -1.75. The second kappa shape index (κ2) is 1.46. The van der Waals surface area contributed by atoms with E-state index in [4.69, 9.17) is 0 Å². The Kier molecular flexibility index (Phi) is 1.10. The molecular weight excluding hydrogens is 116 g/mol. The molecule has 1 aliphatic carbocycles. The van der Waals surface area contributed by atoms with E-state index in [0.29, 0.717) is 5.25 Å². The molecule has 1 fully saturated rings. The van der Waals surface area contributed by atoms with Gasteiger partial charge in [-0.1, -0.05) is 18.1 Å². The van der Waals surface area contributed by atoms with E-state index in [-0.39, 0.29) is 0 Å². The molecule has 0 bridgehead atoms. The third kappa shape index (κ3) is 0.914. The Balaban J connectivity index is 2.52. The van der Waals surface area contributed by atoms with Gasteiger partial charge < -0.3 is 4.21 Å². The van der Waals surface area contributed by atoms with Crippen LogP contribution >= 0.6 is 0 Å². The molecule has 0 unspecified atom stereocenters. The summed E-state index contributed by atoms with van der Waals surface area (Å²) in [7, 11) is -0.923. The summed E-state index contributed by atoms with van der Waals surface area (Å²) in [5, 5.41) is 0.389. The van der Waals surface area contributed by atoms with Gasteiger partial charge in [-0.15, -0.1) is 0 Å². The quantitative estimate of drug-likeness (QED) is 0.472. The molecule has 0 aliphatic heterocycles. The van der Waals surface area contributed by atoms with E-state index in [1.165, 1.54) is 0 Å². The molecule has 0 amide bonds. The maximum Gasteiger partial charge on any atom is -0.0677 e. The van der Waals surface area contributed by atoms with Gasteiger partial charge in [0.25, 0.3) is 0 Å². The van der Waals surface area contributed by atoms with E-state index >= 15 is 0 Å². The first-order valence-corrected chi connectivity index (χ1v) is 4.02. The fourth-order valence-corrected chi connectivity index (χ4v) is 1.36. The minimum Gasteiger partial charge on any atom is -0.451 e. The Morgan fingerprint density at radius 3 is 2.17 bits per heavy atom. The van der Waals surface area contributed by atoms with Crippen molar-refractivity contribution in [3.63, 3.8) is 0 Å². The summed E-state index contributed by atoms with van der Waals surface area (Å²) in [5.41, 5.74) is 0. The molecule has 0 aromatic rings. The lowest BCUT2D eigenvalue weighted by Gasteiger charge is -1.84. The van der Waals surface area contributed by atoms with E-state index in [1.807, 2.05) is 0 Å². The summed E-state index contributed by atoms with van der Waals surface area (Å²) in [6.07, 6.45) is 2.19. The second-order valence-electron chi connectivity index (χ2n) is 1.46. The highest BCUT2D eigenvalue weighted by Gasteiger charge is 2.12. The molecule has 1 rings (SSSR count). The summed E-state index contributed by atoms with van der Waals surface area (Å²) in [6, 6.07) is 0. The maximum absolute atomic E-state index is 10.1. The smallest absolute Gasteiger partial charge is 0.0677 e. The van der Waals surface area contributed by atoms with E-state index in [0.717, 1.165) is 12.8 Å². The van der Waals surface area contributed by atoms with Crippen LogP contribution in [0.25, 0.3) is 0 Å². The van der Waals surface area contributed by atoms with Crippen LogP contribution in [0.3, 0.4) is 0 Å². The lowest BCUT2D eigenvalue weighted by molar-refractivity contribution is 0.603. The van der Waals surface area contributed by atoms with Crippen molar-refractivity contribution in [3.8, 4) is 0 Å². The van der Waals surface area contributed by atoms with Gasteiger partial charge in [-0.2, -0.15) is 0 Å². The molecule has 0 saturated heterocycles. The first-order valence-electron chi connectivity index (χ1n) is 1.89. The normalized spacial score (nSPS) is 22.2. The Morgan fingerprint density at radius 2 is 2.17 bits per heavy atom. The van der Waals surface area contributed by atoms with Gasteiger partial charge >= 0.3 is 0 Å². The van der Waals surface area contributed by atoms with Crippen molar-refractivity contribution >= 4 is 20.5 Å². The number of hydrogen-bond donors (Lipinski definition) is 0. The zero-order chi connectivity index (χ0) is 4.57. The van der Waals surface area contributed by atoms with Crippen LogP contribution in [-0.4, -0.2) is 5.25 Å². The fraction of sp³-hybridized carbons (Fsp3) is 1.00. The van der Waals surface area contributed by atoms with Gasteiger partial charge in [0, 0.05) is 0 Å². The van der Waals surface area contributed by atoms with Crippen molar-refractivity contribution in [2.75, 3.05) is 0 Å². The highest BCUT2D eigenvalue weighted by molar-refractivity contribution is 8.22. The van der Waals surface area contributed by atoms with Crippen LogP contribution < -0.4 is 0 Å². The van der Waals surface area contributed by atoms with Crippen molar-refractivity contribution in [1.29, 1.82) is 0 Å². The second-order valence-corrected chi connectivity index (χ2v) is 3.63. The molecule has 0 atom stereocenters. The molecule has 1 nitrogen and oxygen atoms in total. The minimum absolute atomic E-state index is 0.389. The van der Waals surface area contributed by atoms with Crippen molar-refractivity contribution in [3.05, 3.63) is 0 Å². The van der Waals surface area contributed by atoms with Crippen molar-refractivity contribution in [2.24, 2.45) is 0 Å². The number of rotatable bonds is 1. The van der Waals surface area contributed by atoms with E-state index in [2.05, 4.69) is 11.2 Å². The van der Waals surface area contributed by atoms with Crippen molar-refractivity contribution in [2.45, 2.75) is 18.1 Å². The summed E-state index contributed by atoms with van der Waals surface area (Å²) in [4.78, 5) is 0. The highest BCUT2D eigenvalue weighted by atomic mass is 32.8. The van der Waals surface area contributed by atoms with E-state index in [9.17, 15) is 4.21 Å². The Morgan fingerprint density at radius 1 is 1.67 bits per heavy atom. The summed E-state index contributed by atoms with van der Waals surface area (Å²) >= 11 is 4.44. The first kappa shape index (κ1) is 4.53. The standard InChI is InChI=1S/C3H5OS2/c4-6(5)3-1-2-3/h3H,1-2H2/q-1. The average Bonchev–Trinajstić information content (AvgIpc) is 2.06. The van der Waals surface area contributed by atoms with Gasteiger partial charge in [-0.3, -0.25) is 0 Å². The third-order valence-corrected chi connectivity index (χ3v) is 2.63. The third-order valence-electron chi connectivity index (χ3n) is 0.797. The van der Waals surface area contributed by atoms with Gasteiger partial charge in [0.1, 0.15) is 0 Å². The van der Waals surface area contributed by atoms with Gasteiger partial charge in [0.15, 0.2) is 0 Å². The maximum atomic E-state index is 10.1. The van der Waals surface area contributed by atoms with Crippen LogP contribution in [0.5, 0.6) is 0 Å². The summed E-state index contributed by atoms with van der Waals surface area (Å²) in [5.74, 6) is 0. The molecule has 0 N–H and O–H groups in total. The molecule has 0 aromatic heterocycles. The molecule has 0 aromatic carbocycles. The van der Waals surface area contributed by atoms with E-state index < -0.39 is 9.36 Å². The fourth-order valence-electron chi connectivity index (χ4n) is 0.260. The Hall–Kier alpha value is 0.370. The zero-order valence-electron chi connectivity index (χ0n) is 3.22. The predicted molar refractivity (Wildman–Crippen MR) is 28.4 cm³/mol. The van der Waals surface area contributed by atoms with Crippen LogP contribution in [0.15, 0.2) is 0 Å². The molecule has 0 radical (unpaired) electrons. The predicted octanol–water partition coefficient (Wildman–Crippen LogP) is 0.575. The van der Waals surface area contributed by atoms with Gasteiger partial charge in [-0.05, 0) is 0 Å². The molecule has 0 spiro atoms. The number of hydrogen-bond acceptors (Lipinski definition) is 3. The summed E-state index contributed by atoms with van der Waals surface area (Å²) < 4.78 is 10.1. The van der Waals surface area contributed by atoms with Crippen LogP contribution in [0.2, 0.25) is 0 Å². The van der Waals surface area contributed by atoms with Gasteiger partial charge in [0.05, 0.1) is 0 Å². The Bertz CT molecular complexity index is 104. The monoisotopic (exact) mass is 121 g/mol.